The molecule has 2 aliphatic rings. The summed E-state index contributed by atoms with van der Waals surface area (Å²) < 4.78 is 5.64. The predicted molar refractivity (Wildman–Crippen MR) is 120 cm³/mol. The summed E-state index contributed by atoms with van der Waals surface area (Å²) in [6.07, 6.45) is 8.15. The molecule has 0 amide bonds. The van der Waals surface area contributed by atoms with Gasteiger partial charge in [-0.1, -0.05) is 25.4 Å². The van der Waals surface area contributed by atoms with Crippen LogP contribution < -0.4 is 5.32 Å². The summed E-state index contributed by atoms with van der Waals surface area (Å²) in [7, 11) is 0. The number of nitrogens with zero attached hydrogens (tertiary/aromatic N) is 2. The van der Waals surface area contributed by atoms with E-state index in [1.165, 1.54) is 11.8 Å². The van der Waals surface area contributed by atoms with Crippen LogP contribution in [0.4, 0.5) is 11.4 Å². The highest BCUT2D eigenvalue weighted by Crippen LogP contribution is 2.39. The minimum absolute atomic E-state index is 0.187. The fourth-order valence-corrected chi connectivity index (χ4v) is 4.58. The standard InChI is InChI=1S/C20H26ClN5O.C2H6/c1-20(4-7-27-13-20)26-5-2-14(3-6-26)17-9-19(15(10-22)8-18(17)21)25-16-11-23-24-12-16;1-2/h8-12,14,22,25H,2-7,13H2,1H3,(H,23,24);1-2H3. The van der Waals surface area contributed by atoms with E-state index in [-0.39, 0.29) is 5.54 Å². The van der Waals surface area contributed by atoms with Gasteiger partial charge >= 0.3 is 0 Å². The molecule has 0 spiro atoms. The van der Waals surface area contributed by atoms with Crippen molar-refractivity contribution >= 4 is 29.2 Å². The minimum Gasteiger partial charge on any atom is -0.379 e. The third-order valence-electron chi connectivity index (χ3n) is 6.00. The molecule has 0 radical (unpaired) electrons. The van der Waals surface area contributed by atoms with Crippen LogP contribution in [0.25, 0.3) is 0 Å². The highest BCUT2D eigenvalue weighted by atomic mass is 35.5. The van der Waals surface area contributed by atoms with Crippen LogP contribution >= 0.6 is 11.6 Å². The molecule has 2 aromatic rings. The number of benzene rings is 1. The normalized spacial score (nSPS) is 22.8. The number of piperidine rings is 1. The Labute approximate surface area is 178 Å². The van der Waals surface area contributed by atoms with Gasteiger partial charge in [0.15, 0.2) is 0 Å². The van der Waals surface area contributed by atoms with Crippen molar-refractivity contribution in [2.45, 2.75) is 51.5 Å². The SMILES string of the molecule is CC.CC1(N2CCC(c3cc(Nc4cn[nH]c4)c(C=N)cc3Cl)CC2)CCOC1. The molecule has 1 aromatic carbocycles. The first kappa shape index (κ1) is 21.8. The smallest absolute Gasteiger partial charge is 0.0767 e. The number of rotatable bonds is 5. The van der Waals surface area contributed by atoms with Crippen molar-refractivity contribution in [1.29, 1.82) is 5.41 Å². The topological polar surface area (TPSA) is 77.0 Å². The van der Waals surface area contributed by atoms with Crippen LogP contribution in [0.5, 0.6) is 0 Å². The van der Waals surface area contributed by atoms with E-state index in [0.717, 1.165) is 67.5 Å². The Morgan fingerprint density at radius 1 is 1.34 bits per heavy atom. The molecule has 4 rings (SSSR count). The Morgan fingerprint density at radius 3 is 2.69 bits per heavy atom. The first-order chi connectivity index (χ1) is 14.1. The number of likely N-dealkylation sites (tertiary alicyclic amines) is 1. The lowest BCUT2D eigenvalue weighted by molar-refractivity contribution is 0.0582. The second-order valence-electron chi connectivity index (χ2n) is 7.78. The van der Waals surface area contributed by atoms with Gasteiger partial charge in [0.05, 0.1) is 18.5 Å². The van der Waals surface area contributed by atoms with Crippen molar-refractivity contribution in [3.8, 4) is 0 Å². The fourth-order valence-electron chi connectivity index (χ4n) is 4.26. The zero-order valence-electron chi connectivity index (χ0n) is 17.6. The van der Waals surface area contributed by atoms with Crippen LogP contribution in [0, 0.1) is 5.41 Å². The number of anilines is 2. The molecule has 29 heavy (non-hydrogen) atoms. The van der Waals surface area contributed by atoms with Gasteiger partial charge in [-0.05, 0) is 62.9 Å². The maximum absolute atomic E-state index is 7.70. The molecule has 0 saturated carbocycles. The summed E-state index contributed by atoms with van der Waals surface area (Å²) in [6, 6.07) is 4.00. The number of nitrogens with one attached hydrogen (secondary N) is 3. The van der Waals surface area contributed by atoms with Crippen LogP contribution in [0.2, 0.25) is 5.02 Å². The average molecular weight is 418 g/mol. The summed E-state index contributed by atoms with van der Waals surface area (Å²) in [5.41, 5.74) is 3.89. The number of aromatic amines is 1. The largest absolute Gasteiger partial charge is 0.379 e. The van der Waals surface area contributed by atoms with Crippen LogP contribution in [0.15, 0.2) is 24.5 Å². The Bertz CT molecular complexity index is 794. The first-order valence-corrected chi connectivity index (χ1v) is 10.9. The van der Waals surface area contributed by atoms with Gasteiger partial charge in [-0.3, -0.25) is 10.00 Å². The third kappa shape index (κ3) is 4.82. The van der Waals surface area contributed by atoms with E-state index in [9.17, 15) is 0 Å². The highest BCUT2D eigenvalue weighted by Gasteiger charge is 2.38. The lowest BCUT2D eigenvalue weighted by Gasteiger charge is -2.42. The molecule has 6 nitrogen and oxygen atoms in total. The minimum atomic E-state index is 0.187. The van der Waals surface area contributed by atoms with Gasteiger partial charge < -0.3 is 15.5 Å². The van der Waals surface area contributed by atoms with E-state index < -0.39 is 0 Å². The van der Waals surface area contributed by atoms with Crippen molar-refractivity contribution in [3.63, 3.8) is 0 Å². The van der Waals surface area contributed by atoms with Crippen molar-refractivity contribution < 1.29 is 4.74 Å². The molecule has 2 aliphatic heterocycles. The molecule has 1 atom stereocenters. The van der Waals surface area contributed by atoms with Gasteiger partial charge in [0, 0.05) is 40.8 Å². The van der Waals surface area contributed by atoms with E-state index >= 15 is 0 Å². The molecule has 2 fully saturated rings. The Morgan fingerprint density at radius 2 is 2.10 bits per heavy atom. The zero-order valence-corrected chi connectivity index (χ0v) is 18.4. The number of aromatic nitrogens is 2. The zero-order chi connectivity index (χ0) is 20.9. The van der Waals surface area contributed by atoms with Gasteiger partial charge in [0.1, 0.15) is 0 Å². The summed E-state index contributed by atoms with van der Waals surface area (Å²) in [4.78, 5) is 2.58. The summed E-state index contributed by atoms with van der Waals surface area (Å²) in [5, 5.41) is 18.6. The van der Waals surface area contributed by atoms with Crippen molar-refractivity contribution in [2.24, 2.45) is 0 Å². The van der Waals surface area contributed by atoms with Crippen molar-refractivity contribution in [1.82, 2.24) is 15.1 Å². The number of ether oxygens (including phenoxy) is 1. The van der Waals surface area contributed by atoms with Gasteiger partial charge in [0.25, 0.3) is 0 Å². The third-order valence-corrected chi connectivity index (χ3v) is 6.33. The van der Waals surface area contributed by atoms with Crippen LogP contribution in [-0.2, 0) is 4.74 Å². The summed E-state index contributed by atoms with van der Waals surface area (Å²) >= 11 is 6.60. The molecule has 0 aliphatic carbocycles. The predicted octanol–water partition coefficient (Wildman–Crippen LogP) is 5.19. The second kappa shape index (κ2) is 9.74. The molecule has 158 valence electrons. The highest BCUT2D eigenvalue weighted by molar-refractivity contribution is 6.32. The van der Waals surface area contributed by atoms with E-state index in [1.54, 1.807) is 12.4 Å². The maximum Gasteiger partial charge on any atom is 0.0767 e. The Kier molecular flexibility index (Phi) is 7.33. The summed E-state index contributed by atoms with van der Waals surface area (Å²) in [6.45, 7) is 10.2. The van der Waals surface area contributed by atoms with Crippen molar-refractivity contribution in [2.75, 3.05) is 31.6 Å². The van der Waals surface area contributed by atoms with Crippen LogP contribution in [0.1, 0.15) is 57.1 Å². The first-order valence-electron chi connectivity index (χ1n) is 10.5. The maximum atomic E-state index is 7.70. The fraction of sp³-hybridized carbons (Fsp3) is 0.545. The molecular formula is C22H32ClN5O. The van der Waals surface area contributed by atoms with Crippen LogP contribution in [-0.4, -0.2) is 53.2 Å². The van der Waals surface area contributed by atoms with Crippen molar-refractivity contribution in [3.05, 3.63) is 40.7 Å². The molecule has 3 heterocycles. The molecule has 1 unspecified atom stereocenters. The lowest BCUT2D eigenvalue weighted by Crippen LogP contribution is -2.50. The molecule has 2 saturated heterocycles. The summed E-state index contributed by atoms with van der Waals surface area (Å²) in [5.74, 6) is 0.435. The number of halogens is 1. The van der Waals surface area contributed by atoms with E-state index in [1.807, 2.05) is 19.9 Å². The van der Waals surface area contributed by atoms with Crippen LogP contribution in [0.3, 0.4) is 0 Å². The molecule has 1 aromatic heterocycles. The van der Waals surface area contributed by atoms with E-state index in [4.69, 9.17) is 21.7 Å². The molecular weight excluding hydrogens is 386 g/mol. The quantitative estimate of drug-likeness (QED) is 0.585. The van der Waals surface area contributed by atoms with Gasteiger partial charge in [-0.2, -0.15) is 5.10 Å². The van der Waals surface area contributed by atoms with E-state index in [0.29, 0.717) is 5.92 Å². The monoisotopic (exact) mass is 417 g/mol. The average Bonchev–Trinajstić information content (AvgIpc) is 3.43. The van der Waals surface area contributed by atoms with Gasteiger partial charge in [0.2, 0.25) is 0 Å². The molecule has 3 N–H and O–H groups in total. The Hall–Kier alpha value is -1.89. The van der Waals surface area contributed by atoms with Gasteiger partial charge in [-0.15, -0.1) is 0 Å². The van der Waals surface area contributed by atoms with E-state index in [2.05, 4.69) is 33.4 Å². The number of H-pyrrole nitrogens is 1. The Balaban J connectivity index is 0.00000117. The lowest BCUT2D eigenvalue weighted by atomic mass is 9.86. The second-order valence-corrected chi connectivity index (χ2v) is 8.19. The molecule has 7 heteroatoms. The molecule has 0 bridgehead atoms. The van der Waals surface area contributed by atoms with Gasteiger partial charge in [-0.25, -0.2) is 0 Å². The number of hydrogen-bond donors (Lipinski definition) is 3. The number of hydrogen-bond acceptors (Lipinski definition) is 5.